The predicted molar refractivity (Wildman–Crippen MR) is 122 cm³/mol. The van der Waals surface area contributed by atoms with E-state index in [1.165, 1.54) is 89.9 Å². The largest absolute Gasteiger partial charge is 0.378 e. The van der Waals surface area contributed by atoms with Gasteiger partial charge in [-0.15, -0.1) is 0 Å². The summed E-state index contributed by atoms with van der Waals surface area (Å²) >= 11 is 0. The molecule has 0 aromatic carbocycles. The molecule has 0 N–H and O–H groups in total. The van der Waals surface area contributed by atoms with E-state index in [1.807, 2.05) is 0 Å². The van der Waals surface area contributed by atoms with Gasteiger partial charge in [-0.3, -0.25) is 0 Å². The maximum Gasteiger partial charge on any atom is 0.0575 e. The molecule has 0 spiro atoms. The first kappa shape index (κ1) is 23.3. The molecular weight excluding hydrogens is 340 g/mol. The molecule has 0 saturated heterocycles. The Morgan fingerprint density at radius 3 is 1.86 bits per heavy atom. The second-order valence-corrected chi connectivity index (χ2v) is 9.04. The van der Waals surface area contributed by atoms with Crippen LogP contribution in [-0.2, 0) is 4.74 Å². The van der Waals surface area contributed by atoms with Crippen LogP contribution in [0.1, 0.15) is 104 Å². The van der Waals surface area contributed by atoms with E-state index in [0.717, 1.165) is 18.4 Å². The van der Waals surface area contributed by atoms with Crippen molar-refractivity contribution in [3.63, 3.8) is 0 Å². The lowest BCUT2D eigenvalue weighted by Gasteiger charge is -2.26. The fourth-order valence-corrected chi connectivity index (χ4v) is 4.66. The van der Waals surface area contributed by atoms with Crippen LogP contribution in [0.15, 0.2) is 24.3 Å². The maximum atomic E-state index is 5.96. The summed E-state index contributed by atoms with van der Waals surface area (Å²) in [7, 11) is 0. The minimum absolute atomic E-state index is 0.506. The zero-order valence-corrected chi connectivity index (χ0v) is 18.6. The number of hydrogen-bond donors (Lipinski definition) is 0. The van der Waals surface area contributed by atoms with Crippen molar-refractivity contribution in [2.45, 2.75) is 110 Å². The van der Waals surface area contributed by atoms with Gasteiger partial charge in [0.15, 0.2) is 0 Å². The summed E-state index contributed by atoms with van der Waals surface area (Å²) in [5.74, 6) is 8.91. The topological polar surface area (TPSA) is 9.23 Å². The van der Waals surface area contributed by atoms with Crippen molar-refractivity contribution in [1.29, 1.82) is 0 Å². The van der Waals surface area contributed by atoms with Crippen LogP contribution < -0.4 is 0 Å². The van der Waals surface area contributed by atoms with Crippen molar-refractivity contribution >= 4 is 0 Å². The number of ether oxygens (including phenoxy) is 1. The van der Waals surface area contributed by atoms with E-state index in [2.05, 4.69) is 50.0 Å². The van der Waals surface area contributed by atoms with Crippen LogP contribution in [-0.4, -0.2) is 12.7 Å². The predicted octanol–water partition coefficient (Wildman–Crippen LogP) is 7.86. The normalized spacial score (nSPS) is 28.5. The molecular formula is C27H44O. The van der Waals surface area contributed by atoms with Gasteiger partial charge < -0.3 is 4.74 Å². The van der Waals surface area contributed by atoms with Gasteiger partial charge in [-0.2, -0.15) is 0 Å². The molecule has 0 aromatic rings. The third kappa shape index (κ3) is 9.97. The second-order valence-electron chi connectivity index (χ2n) is 9.04. The highest BCUT2D eigenvalue weighted by molar-refractivity contribution is 5.24. The van der Waals surface area contributed by atoms with Crippen molar-refractivity contribution < 1.29 is 4.74 Å². The molecule has 0 atom stereocenters. The quantitative estimate of drug-likeness (QED) is 0.275. The van der Waals surface area contributed by atoms with Gasteiger partial charge in [-0.1, -0.05) is 69.9 Å². The van der Waals surface area contributed by atoms with Crippen molar-refractivity contribution in [3.8, 4) is 11.8 Å². The molecule has 1 nitrogen and oxygen atoms in total. The second kappa shape index (κ2) is 14.9. The summed E-state index contributed by atoms with van der Waals surface area (Å²) in [5, 5.41) is 0. The summed E-state index contributed by atoms with van der Waals surface area (Å²) in [5.41, 5.74) is 0. The lowest BCUT2D eigenvalue weighted by Crippen LogP contribution is -2.21. The van der Waals surface area contributed by atoms with Gasteiger partial charge >= 0.3 is 0 Å². The molecule has 0 heterocycles. The Balaban J connectivity index is 1.56. The Labute approximate surface area is 175 Å². The van der Waals surface area contributed by atoms with E-state index >= 15 is 0 Å². The first-order valence-electron chi connectivity index (χ1n) is 12.3. The van der Waals surface area contributed by atoms with Gasteiger partial charge in [0.1, 0.15) is 0 Å². The van der Waals surface area contributed by atoms with Crippen molar-refractivity contribution in [2.24, 2.45) is 17.8 Å². The molecule has 28 heavy (non-hydrogen) atoms. The average Bonchev–Trinajstić information content (AvgIpc) is 2.73. The summed E-state index contributed by atoms with van der Waals surface area (Å²) in [6.07, 6.45) is 28.0. The Hall–Kier alpha value is -1.00. The van der Waals surface area contributed by atoms with Gasteiger partial charge in [0, 0.05) is 6.61 Å². The number of allylic oxidation sites excluding steroid dienone is 4. The van der Waals surface area contributed by atoms with Crippen LogP contribution >= 0.6 is 0 Å². The van der Waals surface area contributed by atoms with E-state index in [-0.39, 0.29) is 0 Å². The summed E-state index contributed by atoms with van der Waals surface area (Å²) < 4.78 is 5.96. The first-order valence-corrected chi connectivity index (χ1v) is 12.3. The molecule has 0 unspecified atom stereocenters. The number of hydrogen-bond acceptors (Lipinski definition) is 1. The third-order valence-corrected chi connectivity index (χ3v) is 6.66. The fourth-order valence-electron chi connectivity index (χ4n) is 4.66. The lowest BCUT2D eigenvalue weighted by molar-refractivity contribution is 0.0209. The van der Waals surface area contributed by atoms with Gasteiger partial charge in [0.25, 0.3) is 0 Å². The van der Waals surface area contributed by atoms with Gasteiger partial charge in [-0.25, -0.2) is 0 Å². The monoisotopic (exact) mass is 384 g/mol. The Kier molecular flexibility index (Phi) is 12.4. The molecule has 158 valence electrons. The SMILES string of the molecule is CCCCC[C@H]1CC[C@H](/C=C/C#C/C=C/[C@H]2CC[C@H](OCCCC)CC2)CC1. The van der Waals surface area contributed by atoms with Crippen LogP contribution in [0.3, 0.4) is 0 Å². The summed E-state index contributed by atoms with van der Waals surface area (Å²) in [6.45, 7) is 5.47. The van der Waals surface area contributed by atoms with Crippen LogP contribution in [0.25, 0.3) is 0 Å². The summed E-state index contributed by atoms with van der Waals surface area (Å²) in [4.78, 5) is 0. The molecule has 2 saturated carbocycles. The molecule has 2 aliphatic carbocycles. The van der Waals surface area contributed by atoms with Crippen LogP contribution in [0.4, 0.5) is 0 Å². The molecule has 0 radical (unpaired) electrons. The van der Waals surface area contributed by atoms with Crippen molar-refractivity contribution in [3.05, 3.63) is 24.3 Å². The lowest BCUT2D eigenvalue weighted by atomic mass is 9.79. The zero-order valence-electron chi connectivity index (χ0n) is 18.6. The first-order chi connectivity index (χ1) is 13.8. The Morgan fingerprint density at radius 2 is 1.29 bits per heavy atom. The van der Waals surface area contributed by atoms with Gasteiger partial charge in [0.2, 0.25) is 0 Å². The minimum atomic E-state index is 0.506. The zero-order chi connectivity index (χ0) is 19.9. The van der Waals surface area contributed by atoms with E-state index in [1.54, 1.807) is 0 Å². The highest BCUT2D eigenvalue weighted by Gasteiger charge is 2.20. The van der Waals surface area contributed by atoms with Crippen molar-refractivity contribution in [1.82, 2.24) is 0 Å². The highest BCUT2D eigenvalue weighted by Crippen LogP contribution is 2.32. The maximum absolute atomic E-state index is 5.96. The highest BCUT2D eigenvalue weighted by atomic mass is 16.5. The minimum Gasteiger partial charge on any atom is -0.378 e. The van der Waals surface area contributed by atoms with Gasteiger partial charge in [0.05, 0.1) is 6.10 Å². The molecule has 0 amide bonds. The summed E-state index contributed by atoms with van der Waals surface area (Å²) in [6, 6.07) is 0. The molecule has 2 aliphatic rings. The standard InChI is InChI=1S/C27H44O/c1-3-5-9-12-24-15-17-25(18-16-24)13-10-7-8-11-14-26-19-21-27(22-20-26)28-23-6-4-2/h10-11,13-14,24-27H,3-6,9,12,15-23H2,1-2H3/b13-10+,14-11+/t24-,25-,26-,27-. The van der Waals surface area contributed by atoms with E-state index in [9.17, 15) is 0 Å². The van der Waals surface area contributed by atoms with Crippen molar-refractivity contribution in [2.75, 3.05) is 6.61 Å². The van der Waals surface area contributed by atoms with E-state index in [4.69, 9.17) is 4.74 Å². The number of rotatable bonds is 10. The Morgan fingerprint density at radius 1 is 0.714 bits per heavy atom. The van der Waals surface area contributed by atoms with Crippen LogP contribution in [0, 0.1) is 29.6 Å². The third-order valence-electron chi connectivity index (χ3n) is 6.66. The molecule has 0 aliphatic heterocycles. The smallest absolute Gasteiger partial charge is 0.0575 e. The molecule has 0 bridgehead atoms. The number of unbranched alkanes of at least 4 members (excludes halogenated alkanes) is 3. The molecule has 2 fully saturated rings. The molecule has 1 heteroatoms. The average molecular weight is 385 g/mol. The Bertz CT molecular complexity index is 446. The van der Waals surface area contributed by atoms with E-state index < -0.39 is 0 Å². The van der Waals surface area contributed by atoms with Gasteiger partial charge in [-0.05, 0) is 87.7 Å². The molecule has 0 aromatic heterocycles. The molecule has 2 rings (SSSR count). The fraction of sp³-hybridized carbons (Fsp3) is 0.778. The van der Waals surface area contributed by atoms with E-state index in [0.29, 0.717) is 12.0 Å². The van der Waals surface area contributed by atoms with Crippen LogP contribution in [0.5, 0.6) is 0 Å². The van der Waals surface area contributed by atoms with Crippen LogP contribution in [0.2, 0.25) is 0 Å².